The second-order valence-electron chi connectivity index (χ2n) is 6.90. The third-order valence-corrected chi connectivity index (χ3v) is 3.97. The molecule has 1 amide bonds. The number of benzene rings is 1. The molecule has 1 saturated heterocycles. The number of hydrogen-bond acceptors (Lipinski definition) is 4. The van der Waals surface area contributed by atoms with Crippen molar-refractivity contribution >= 4 is 17.5 Å². The second kappa shape index (κ2) is 6.64. The van der Waals surface area contributed by atoms with E-state index in [0.717, 1.165) is 12.1 Å². The van der Waals surface area contributed by atoms with Crippen LogP contribution in [-0.2, 0) is 4.74 Å². The van der Waals surface area contributed by atoms with Crippen LogP contribution in [0.15, 0.2) is 18.2 Å². The van der Waals surface area contributed by atoms with Gasteiger partial charge < -0.3 is 19.9 Å². The number of anilines is 2. The fourth-order valence-corrected chi connectivity index (χ4v) is 2.68. The van der Waals surface area contributed by atoms with Crippen molar-refractivity contribution in [1.29, 1.82) is 0 Å². The molecule has 1 aliphatic heterocycles. The normalized spacial score (nSPS) is 18.0. The Morgan fingerprint density at radius 1 is 1.43 bits per heavy atom. The molecular weight excluding hydrogens is 297 g/mol. The van der Waals surface area contributed by atoms with Gasteiger partial charge in [0.05, 0.1) is 11.7 Å². The van der Waals surface area contributed by atoms with Crippen LogP contribution >= 0.6 is 0 Å². The first kappa shape index (κ1) is 17.4. The van der Waals surface area contributed by atoms with E-state index in [9.17, 15) is 9.18 Å². The summed E-state index contributed by atoms with van der Waals surface area (Å²) in [5, 5.41) is 2.92. The number of hydrogen-bond donors (Lipinski definition) is 1. The molecule has 1 heterocycles. The molecule has 0 aliphatic carbocycles. The standard InChI is InChI=1S/C17H26FN3O2/c1-17(2,3)23-16(22)20(5)13-8-9-21(11-13)15-7-6-12(19-4)10-14(15)18/h6-7,10,13,19H,8-9,11H2,1-5H3/t13-/m1/s1. The van der Waals surface area contributed by atoms with Gasteiger partial charge in [-0.05, 0) is 45.4 Å². The van der Waals surface area contributed by atoms with Gasteiger partial charge in [-0.1, -0.05) is 0 Å². The van der Waals surface area contributed by atoms with Gasteiger partial charge in [0, 0.05) is 32.9 Å². The van der Waals surface area contributed by atoms with E-state index in [1.807, 2.05) is 31.7 Å². The molecule has 1 aromatic carbocycles. The molecule has 23 heavy (non-hydrogen) atoms. The van der Waals surface area contributed by atoms with Gasteiger partial charge in [0.25, 0.3) is 0 Å². The molecule has 2 rings (SSSR count). The lowest BCUT2D eigenvalue weighted by Gasteiger charge is -2.29. The van der Waals surface area contributed by atoms with Crippen molar-refractivity contribution in [2.24, 2.45) is 0 Å². The van der Waals surface area contributed by atoms with Gasteiger partial charge in [0.1, 0.15) is 11.4 Å². The largest absolute Gasteiger partial charge is 0.444 e. The summed E-state index contributed by atoms with van der Waals surface area (Å²) in [6.07, 6.45) is 0.457. The highest BCUT2D eigenvalue weighted by molar-refractivity contribution is 5.68. The van der Waals surface area contributed by atoms with E-state index in [1.165, 1.54) is 6.07 Å². The van der Waals surface area contributed by atoms with E-state index in [-0.39, 0.29) is 18.0 Å². The zero-order valence-electron chi connectivity index (χ0n) is 14.5. The predicted molar refractivity (Wildman–Crippen MR) is 90.6 cm³/mol. The van der Waals surface area contributed by atoms with Crippen molar-refractivity contribution in [2.75, 3.05) is 37.4 Å². The molecule has 6 heteroatoms. The van der Waals surface area contributed by atoms with Crippen LogP contribution < -0.4 is 10.2 Å². The number of amides is 1. The van der Waals surface area contributed by atoms with Gasteiger partial charge in [0.2, 0.25) is 0 Å². The summed E-state index contributed by atoms with van der Waals surface area (Å²) < 4.78 is 19.6. The third kappa shape index (κ3) is 4.27. The summed E-state index contributed by atoms with van der Waals surface area (Å²) in [6.45, 7) is 6.86. The lowest BCUT2D eigenvalue weighted by atomic mass is 10.2. The average molecular weight is 323 g/mol. The maximum absolute atomic E-state index is 14.2. The highest BCUT2D eigenvalue weighted by atomic mass is 19.1. The Bertz CT molecular complexity index is 571. The van der Waals surface area contributed by atoms with Gasteiger partial charge >= 0.3 is 6.09 Å². The number of nitrogens with one attached hydrogen (secondary N) is 1. The Morgan fingerprint density at radius 3 is 2.70 bits per heavy atom. The Hall–Kier alpha value is -1.98. The lowest BCUT2D eigenvalue weighted by Crippen LogP contribution is -2.42. The molecule has 1 N–H and O–H groups in total. The SMILES string of the molecule is CNc1ccc(N2CC[C@@H](N(C)C(=O)OC(C)(C)C)C2)c(F)c1. The van der Waals surface area contributed by atoms with E-state index < -0.39 is 5.60 Å². The highest BCUT2D eigenvalue weighted by Gasteiger charge is 2.31. The van der Waals surface area contributed by atoms with Gasteiger partial charge in [-0.25, -0.2) is 9.18 Å². The molecule has 0 spiro atoms. The first-order valence-corrected chi connectivity index (χ1v) is 7.89. The number of likely N-dealkylation sites (N-methyl/N-ethyl adjacent to an activating group) is 1. The second-order valence-corrected chi connectivity index (χ2v) is 6.90. The summed E-state index contributed by atoms with van der Waals surface area (Å²) in [7, 11) is 3.50. The maximum Gasteiger partial charge on any atom is 0.410 e. The zero-order chi connectivity index (χ0) is 17.2. The van der Waals surface area contributed by atoms with Gasteiger partial charge in [-0.2, -0.15) is 0 Å². The summed E-state index contributed by atoms with van der Waals surface area (Å²) in [5.41, 5.74) is 0.801. The van der Waals surface area contributed by atoms with Crippen LogP contribution in [0.3, 0.4) is 0 Å². The molecule has 1 aliphatic rings. The van der Waals surface area contributed by atoms with Crippen LogP contribution in [0, 0.1) is 5.82 Å². The van der Waals surface area contributed by atoms with Crippen LogP contribution in [-0.4, -0.2) is 49.8 Å². The zero-order valence-corrected chi connectivity index (χ0v) is 14.5. The summed E-state index contributed by atoms with van der Waals surface area (Å²) in [6, 6.07) is 5.13. The van der Waals surface area contributed by atoms with E-state index in [0.29, 0.717) is 18.8 Å². The first-order chi connectivity index (χ1) is 10.7. The van der Waals surface area contributed by atoms with Crippen LogP contribution in [0.1, 0.15) is 27.2 Å². The number of ether oxygens (including phenoxy) is 1. The lowest BCUT2D eigenvalue weighted by molar-refractivity contribution is 0.0238. The number of halogens is 1. The summed E-state index contributed by atoms with van der Waals surface area (Å²) in [5.74, 6) is -0.252. The Kier molecular flexibility index (Phi) is 5.02. The molecule has 0 saturated carbocycles. The Labute approximate surface area is 137 Å². The molecule has 0 bridgehead atoms. The van der Waals surface area contributed by atoms with Crippen molar-refractivity contribution in [3.63, 3.8) is 0 Å². The van der Waals surface area contributed by atoms with Gasteiger partial charge in [-0.15, -0.1) is 0 Å². The van der Waals surface area contributed by atoms with Crippen molar-refractivity contribution in [3.8, 4) is 0 Å². The molecule has 1 fully saturated rings. The Morgan fingerprint density at radius 2 is 2.13 bits per heavy atom. The summed E-state index contributed by atoms with van der Waals surface area (Å²) in [4.78, 5) is 15.7. The fraction of sp³-hybridized carbons (Fsp3) is 0.588. The van der Waals surface area contributed by atoms with E-state index >= 15 is 0 Å². The van der Waals surface area contributed by atoms with E-state index in [2.05, 4.69) is 5.32 Å². The van der Waals surface area contributed by atoms with Crippen molar-refractivity contribution in [3.05, 3.63) is 24.0 Å². The molecule has 0 radical (unpaired) electrons. The molecule has 0 aromatic heterocycles. The van der Waals surface area contributed by atoms with Crippen molar-refractivity contribution in [2.45, 2.75) is 38.8 Å². The number of rotatable bonds is 3. The monoisotopic (exact) mass is 323 g/mol. The van der Waals surface area contributed by atoms with Crippen molar-refractivity contribution < 1.29 is 13.9 Å². The van der Waals surface area contributed by atoms with E-state index in [4.69, 9.17) is 4.74 Å². The molecule has 128 valence electrons. The minimum atomic E-state index is -0.515. The minimum absolute atomic E-state index is 0.0215. The Balaban J connectivity index is 2.02. The fourth-order valence-electron chi connectivity index (χ4n) is 2.68. The summed E-state index contributed by atoms with van der Waals surface area (Å²) >= 11 is 0. The van der Waals surface area contributed by atoms with Crippen LogP contribution in [0.4, 0.5) is 20.6 Å². The third-order valence-electron chi connectivity index (χ3n) is 3.97. The minimum Gasteiger partial charge on any atom is -0.444 e. The van der Waals surface area contributed by atoms with Crippen LogP contribution in [0.2, 0.25) is 0 Å². The predicted octanol–water partition coefficient (Wildman–Crippen LogP) is 3.31. The van der Waals surface area contributed by atoms with Crippen LogP contribution in [0.25, 0.3) is 0 Å². The molecule has 1 aromatic rings. The maximum atomic E-state index is 14.2. The molecule has 5 nitrogen and oxygen atoms in total. The number of carbonyl (C=O) groups excluding carboxylic acids is 1. The number of nitrogens with zero attached hydrogens (tertiary/aromatic N) is 2. The molecule has 1 atom stereocenters. The quantitative estimate of drug-likeness (QED) is 0.927. The molecule has 0 unspecified atom stereocenters. The van der Waals surface area contributed by atoms with Crippen molar-refractivity contribution in [1.82, 2.24) is 4.90 Å². The first-order valence-electron chi connectivity index (χ1n) is 7.89. The molecular formula is C17H26FN3O2. The smallest absolute Gasteiger partial charge is 0.410 e. The number of carbonyl (C=O) groups is 1. The van der Waals surface area contributed by atoms with Gasteiger partial charge in [0.15, 0.2) is 0 Å². The topological polar surface area (TPSA) is 44.8 Å². The van der Waals surface area contributed by atoms with Crippen LogP contribution in [0.5, 0.6) is 0 Å². The average Bonchev–Trinajstić information content (AvgIpc) is 2.93. The van der Waals surface area contributed by atoms with E-state index in [1.54, 1.807) is 25.1 Å². The highest BCUT2D eigenvalue weighted by Crippen LogP contribution is 2.27. The van der Waals surface area contributed by atoms with Gasteiger partial charge in [-0.3, -0.25) is 0 Å².